The summed E-state index contributed by atoms with van der Waals surface area (Å²) < 4.78 is 0. The van der Waals surface area contributed by atoms with Crippen LogP contribution in [0.5, 0.6) is 0 Å². The molecular formula is C11H12ClNO. The van der Waals surface area contributed by atoms with Crippen LogP contribution in [0.4, 0.5) is 0 Å². The van der Waals surface area contributed by atoms with E-state index in [-0.39, 0.29) is 0 Å². The maximum absolute atomic E-state index is 9.74. The van der Waals surface area contributed by atoms with Crippen LogP contribution in [-0.4, -0.2) is 10.1 Å². The highest BCUT2D eigenvalue weighted by Gasteiger charge is 2.10. The summed E-state index contributed by atoms with van der Waals surface area (Å²) in [4.78, 5) is 3.11. The Kier molecular flexibility index (Phi) is 2.48. The van der Waals surface area contributed by atoms with Gasteiger partial charge in [0.15, 0.2) is 0 Å². The SMILES string of the molecule is CC[C@@H](O)c1c[nH]c2ccc(Cl)cc12. The molecule has 14 heavy (non-hydrogen) atoms. The number of rotatable bonds is 2. The van der Waals surface area contributed by atoms with Crippen molar-refractivity contribution in [1.82, 2.24) is 4.98 Å². The number of fused-ring (bicyclic) bond motifs is 1. The van der Waals surface area contributed by atoms with E-state index in [0.29, 0.717) is 11.4 Å². The summed E-state index contributed by atoms with van der Waals surface area (Å²) in [5.41, 5.74) is 1.93. The van der Waals surface area contributed by atoms with Gasteiger partial charge in [0.2, 0.25) is 0 Å². The number of aliphatic hydroxyl groups excluding tert-OH is 1. The Morgan fingerprint density at radius 2 is 2.29 bits per heavy atom. The fraction of sp³-hybridized carbons (Fsp3) is 0.273. The van der Waals surface area contributed by atoms with Crippen LogP contribution < -0.4 is 0 Å². The maximum Gasteiger partial charge on any atom is 0.0808 e. The lowest BCUT2D eigenvalue weighted by Crippen LogP contribution is -1.92. The van der Waals surface area contributed by atoms with Crippen LogP contribution in [0.15, 0.2) is 24.4 Å². The van der Waals surface area contributed by atoms with Crippen LogP contribution in [0.2, 0.25) is 5.02 Å². The molecule has 0 fully saturated rings. The number of halogens is 1. The van der Waals surface area contributed by atoms with Crippen molar-refractivity contribution in [3.63, 3.8) is 0 Å². The van der Waals surface area contributed by atoms with Crippen LogP contribution in [0.1, 0.15) is 25.0 Å². The Bertz CT molecular complexity index is 449. The molecule has 3 heteroatoms. The number of aromatic nitrogens is 1. The lowest BCUT2D eigenvalue weighted by Gasteiger charge is -2.05. The fourth-order valence-electron chi connectivity index (χ4n) is 1.61. The molecule has 0 saturated carbocycles. The number of hydrogen-bond donors (Lipinski definition) is 2. The molecule has 2 aromatic rings. The zero-order valence-electron chi connectivity index (χ0n) is 7.92. The Morgan fingerprint density at radius 3 is 3.00 bits per heavy atom. The minimum Gasteiger partial charge on any atom is -0.388 e. The molecule has 0 spiro atoms. The molecule has 1 heterocycles. The Labute approximate surface area is 87.5 Å². The smallest absolute Gasteiger partial charge is 0.0808 e. The Morgan fingerprint density at radius 1 is 1.50 bits per heavy atom. The van der Waals surface area contributed by atoms with E-state index in [0.717, 1.165) is 16.5 Å². The molecule has 2 rings (SSSR count). The van der Waals surface area contributed by atoms with Crippen molar-refractivity contribution in [3.05, 3.63) is 35.0 Å². The van der Waals surface area contributed by atoms with Gasteiger partial charge >= 0.3 is 0 Å². The minimum absolute atomic E-state index is 0.415. The first-order valence-corrected chi connectivity index (χ1v) is 5.04. The molecule has 0 aliphatic rings. The molecule has 2 nitrogen and oxygen atoms in total. The predicted molar refractivity (Wildman–Crippen MR) is 58.6 cm³/mol. The van der Waals surface area contributed by atoms with E-state index in [2.05, 4.69) is 4.98 Å². The molecule has 0 bridgehead atoms. The van der Waals surface area contributed by atoms with Gasteiger partial charge in [-0.15, -0.1) is 0 Å². The van der Waals surface area contributed by atoms with Crippen molar-refractivity contribution in [2.24, 2.45) is 0 Å². The zero-order valence-corrected chi connectivity index (χ0v) is 8.67. The van der Waals surface area contributed by atoms with Crippen LogP contribution in [0.25, 0.3) is 10.9 Å². The summed E-state index contributed by atoms with van der Waals surface area (Å²) in [5.74, 6) is 0. The van der Waals surface area contributed by atoms with Gasteiger partial charge in [0, 0.05) is 27.7 Å². The molecule has 0 aliphatic carbocycles. The van der Waals surface area contributed by atoms with Gasteiger partial charge in [0.1, 0.15) is 0 Å². The van der Waals surface area contributed by atoms with Gasteiger partial charge in [-0.05, 0) is 24.6 Å². The first-order chi connectivity index (χ1) is 6.72. The molecule has 0 unspecified atom stereocenters. The van der Waals surface area contributed by atoms with Gasteiger partial charge in [0.05, 0.1) is 6.10 Å². The molecule has 0 aliphatic heterocycles. The van der Waals surface area contributed by atoms with E-state index in [1.807, 2.05) is 31.3 Å². The quantitative estimate of drug-likeness (QED) is 0.783. The van der Waals surface area contributed by atoms with Crippen LogP contribution in [0.3, 0.4) is 0 Å². The number of aromatic amines is 1. The van der Waals surface area contributed by atoms with Crippen molar-refractivity contribution >= 4 is 22.5 Å². The van der Waals surface area contributed by atoms with Gasteiger partial charge in [-0.1, -0.05) is 18.5 Å². The lowest BCUT2D eigenvalue weighted by atomic mass is 10.1. The second-order valence-electron chi connectivity index (χ2n) is 3.36. The number of H-pyrrole nitrogens is 1. The highest BCUT2D eigenvalue weighted by atomic mass is 35.5. The monoisotopic (exact) mass is 209 g/mol. The molecule has 0 saturated heterocycles. The molecular weight excluding hydrogens is 198 g/mol. The number of nitrogens with one attached hydrogen (secondary N) is 1. The van der Waals surface area contributed by atoms with E-state index in [9.17, 15) is 5.11 Å². The molecule has 0 amide bonds. The van der Waals surface area contributed by atoms with E-state index in [1.54, 1.807) is 0 Å². The minimum atomic E-state index is -0.415. The summed E-state index contributed by atoms with van der Waals surface area (Å²) in [6, 6.07) is 5.63. The number of benzene rings is 1. The molecule has 2 N–H and O–H groups in total. The maximum atomic E-state index is 9.74. The standard InChI is InChI=1S/C11H12ClNO/c1-2-11(14)9-6-13-10-4-3-7(12)5-8(9)10/h3-6,11,13-14H,2H2,1H3/t11-/m1/s1. The summed E-state index contributed by atoms with van der Waals surface area (Å²) in [6.45, 7) is 1.95. The summed E-state index contributed by atoms with van der Waals surface area (Å²) in [5, 5.41) is 11.4. The van der Waals surface area contributed by atoms with Gasteiger partial charge in [-0.2, -0.15) is 0 Å². The Hall–Kier alpha value is -0.990. The van der Waals surface area contributed by atoms with E-state index < -0.39 is 6.10 Å². The molecule has 0 radical (unpaired) electrons. The third kappa shape index (κ3) is 1.51. The topological polar surface area (TPSA) is 36.0 Å². The molecule has 1 aromatic carbocycles. The lowest BCUT2D eigenvalue weighted by molar-refractivity contribution is 0.175. The van der Waals surface area contributed by atoms with Gasteiger partial charge < -0.3 is 10.1 Å². The first kappa shape index (κ1) is 9.56. The van der Waals surface area contributed by atoms with Crippen LogP contribution in [-0.2, 0) is 0 Å². The highest BCUT2D eigenvalue weighted by molar-refractivity contribution is 6.31. The second-order valence-corrected chi connectivity index (χ2v) is 3.79. The predicted octanol–water partition coefficient (Wildman–Crippen LogP) is 3.26. The van der Waals surface area contributed by atoms with Crippen molar-refractivity contribution in [2.75, 3.05) is 0 Å². The third-order valence-electron chi connectivity index (χ3n) is 2.42. The van der Waals surface area contributed by atoms with Crippen molar-refractivity contribution in [1.29, 1.82) is 0 Å². The summed E-state index contributed by atoms with van der Waals surface area (Å²) in [6.07, 6.45) is 2.14. The van der Waals surface area contributed by atoms with Crippen LogP contribution in [0, 0.1) is 0 Å². The average Bonchev–Trinajstić information content (AvgIpc) is 2.59. The first-order valence-electron chi connectivity index (χ1n) is 4.67. The van der Waals surface area contributed by atoms with E-state index >= 15 is 0 Å². The van der Waals surface area contributed by atoms with E-state index in [1.165, 1.54) is 0 Å². The fourth-order valence-corrected chi connectivity index (χ4v) is 1.78. The highest BCUT2D eigenvalue weighted by Crippen LogP contribution is 2.27. The molecule has 1 atom stereocenters. The van der Waals surface area contributed by atoms with E-state index in [4.69, 9.17) is 11.6 Å². The molecule has 74 valence electrons. The largest absolute Gasteiger partial charge is 0.388 e. The second kappa shape index (κ2) is 3.64. The van der Waals surface area contributed by atoms with Crippen LogP contribution >= 0.6 is 11.6 Å². The van der Waals surface area contributed by atoms with Crippen molar-refractivity contribution in [3.8, 4) is 0 Å². The number of aliphatic hydroxyl groups is 1. The third-order valence-corrected chi connectivity index (χ3v) is 2.66. The summed E-state index contributed by atoms with van der Waals surface area (Å²) in [7, 11) is 0. The van der Waals surface area contributed by atoms with Gasteiger partial charge in [0.25, 0.3) is 0 Å². The van der Waals surface area contributed by atoms with Gasteiger partial charge in [-0.25, -0.2) is 0 Å². The zero-order chi connectivity index (χ0) is 10.1. The summed E-state index contributed by atoms with van der Waals surface area (Å²) >= 11 is 5.90. The Balaban J connectivity index is 2.61. The average molecular weight is 210 g/mol. The van der Waals surface area contributed by atoms with Crippen molar-refractivity contribution < 1.29 is 5.11 Å². The van der Waals surface area contributed by atoms with Crippen molar-refractivity contribution in [2.45, 2.75) is 19.4 Å². The molecule has 1 aromatic heterocycles. The number of hydrogen-bond acceptors (Lipinski definition) is 1. The van der Waals surface area contributed by atoms with Gasteiger partial charge in [-0.3, -0.25) is 0 Å². The normalized spacial score (nSPS) is 13.4.